The first-order valence-electron chi connectivity index (χ1n) is 8.20. The summed E-state index contributed by atoms with van der Waals surface area (Å²) >= 11 is 0. The summed E-state index contributed by atoms with van der Waals surface area (Å²) in [6.45, 7) is 0. The van der Waals surface area contributed by atoms with Crippen molar-refractivity contribution in [3.8, 4) is 23.1 Å². The van der Waals surface area contributed by atoms with Gasteiger partial charge in [-0.2, -0.15) is 13.2 Å². The number of hydrogen-bond donors (Lipinski definition) is 1. The van der Waals surface area contributed by atoms with Crippen LogP contribution in [-0.4, -0.2) is 26.3 Å². The number of halogens is 3. The van der Waals surface area contributed by atoms with E-state index in [1.165, 1.54) is 12.1 Å². The molecule has 6 nitrogen and oxygen atoms in total. The van der Waals surface area contributed by atoms with Gasteiger partial charge >= 0.3 is 6.18 Å². The van der Waals surface area contributed by atoms with Crippen molar-refractivity contribution in [1.29, 1.82) is 0 Å². The molecule has 0 atom stereocenters. The van der Waals surface area contributed by atoms with Crippen LogP contribution in [0.4, 0.5) is 13.2 Å². The van der Waals surface area contributed by atoms with Crippen LogP contribution in [-0.2, 0) is 6.18 Å². The zero-order valence-corrected chi connectivity index (χ0v) is 13.8. The fourth-order valence-electron chi connectivity index (χ4n) is 2.89. The van der Waals surface area contributed by atoms with Gasteiger partial charge in [0.25, 0.3) is 5.88 Å². The number of alkyl halides is 3. The molecule has 0 spiro atoms. The summed E-state index contributed by atoms with van der Waals surface area (Å²) in [6.07, 6.45) is -0.700. The molecule has 140 valence electrons. The summed E-state index contributed by atoms with van der Waals surface area (Å²) in [5.74, 6) is 0.700. The molecule has 3 aromatic heterocycles. The Labute approximate surface area is 151 Å². The van der Waals surface area contributed by atoms with Crippen molar-refractivity contribution in [3.05, 3.63) is 54.0 Å². The first kappa shape index (κ1) is 17.3. The first-order chi connectivity index (χ1) is 12.9. The van der Waals surface area contributed by atoms with Crippen molar-refractivity contribution in [2.75, 3.05) is 0 Å². The molecule has 1 N–H and O–H groups in total. The van der Waals surface area contributed by atoms with E-state index >= 15 is 0 Å². The monoisotopic (exact) mass is 377 g/mol. The van der Waals surface area contributed by atoms with Gasteiger partial charge in [-0.1, -0.05) is 0 Å². The summed E-state index contributed by atoms with van der Waals surface area (Å²) in [5.41, 5.74) is 0.537. The number of aromatic nitrogens is 3. The molecule has 9 heteroatoms. The van der Waals surface area contributed by atoms with Gasteiger partial charge in [-0.3, -0.25) is 4.98 Å². The van der Waals surface area contributed by atoms with Crippen molar-refractivity contribution >= 4 is 0 Å². The average Bonchev–Trinajstić information content (AvgIpc) is 3.04. The molecule has 3 aromatic rings. The number of aromatic hydroxyl groups is 1. The van der Waals surface area contributed by atoms with Crippen LogP contribution in [0.3, 0.4) is 0 Å². The predicted octanol–water partition coefficient (Wildman–Crippen LogP) is 4.18. The molecular formula is C18H14F3N3O3. The highest BCUT2D eigenvalue weighted by Gasteiger charge is 2.35. The number of ether oxygens (including phenoxy) is 1. The molecule has 1 fully saturated rings. The second kappa shape index (κ2) is 6.57. The molecule has 0 bridgehead atoms. The second-order valence-electron chi connectivity index (χ2n) is 6.31. The van der Waals surface area contributed by atoms with Gasteiger partial charge in [0.05, 0.1) is 5.56 Å². The molecule has 0 aromatic carbocycles. The zero-order valence-electron chi connectivity index (χ0n) is 13.8. The SMILES string of the molecule is Oc1cc(-c2ccc(OC3CC(c4ccc(C(F)(F)F)cn4)C3)nc2)on1. The molecule has 4 rings (SSSR count). The summed E-state index contributed by atoms with van der Waals surface area (Å²) in [5, 5.41) is 12.6. The Morgan fingerprint density at radius 1 is 1.07 bits per heavy atom. The fourth-order valence-corrected chi connectivity index (χ4v) is 2.89. The Hall–Kier alpha value is -3.10. The Balaban J connectivity index is 1.32. The van der Waals surface area contributed by atoms with Crippen molar-refractivity contribution in [3.63, 3.8) is 0 Å². The van der Waals surface area contributed by atoms with Crippen LogP contribution < -0.4 is 4.74 Å². The minimum atomic E-state index is -4.38. The zero-order chi connectivity index (χ0) is 19.0. The normalized spacial score (nSPS) is 19.5. The lowest BCUT2D eigenvalue weighted by molar-refractivity contribution is -0.137. The van der Waals surface area contributed by atoms with Crippen LogP contribution in [0.25, 0.3) is 11.3 Å². The van der Waals surface area contributed by atoms with Gasteiger partial charge in [0, 0.05) is 41.7 Å². The number of nitrogens with zero attached hydrogens (tertiary/aromatic N) is 3. The van der Waals surface area contributed by atoms with Gasteiger partial charge < -0.3 is 14.4 Å². The molecule has 27 heavy (non-hydrogen) atoms. The quantitative estimate of drug-likeness (QED) is 0.735. The molecule has 0 unspecified atom stereocenters. The summed E-state index contributed by atoms with van der Waals surface area (Å²) < 4.78 is 48.4. The molecule has 0 saturated heterocycles. The highest BCUT2D eigenvalue weighted by atomic mass is 19.4. The van der Waals surface area contributed by atoms with E-state index in [-0.39, 0.29) is 17.9 Å². The Morgan fingerprint density at radius 2 is 1.89 bits per heavy atom. The van der Waals surface area contributed by atoms with Crippen LogP contribution in [0, 0.1) is 0 Å². The van der Waals surface area contributed by atoms with E-state index in [9.17, 15) is 18.3 Å². The Kier molecular flexibility index (Phi) is 4.21. The van der Waals surface area contributed by atoms with Gasteiger partial charge in [0.2, 0.25) is 5.88 Å². The largest absolute Gasteiger partial charge is 0.491 e. The van der Waals surface area contributed by atoms with Crippen LogP contribution in [0.5, 0.6) is 11.8 Å². The molecule has 1 aliphatic rings. The molecule has 0 aliphatic heterocycles. The maximum Gasteiger partial charge on any atom is 0.417 e. The minimum Gasteiger partial charge on any atom is -0.491 e. The van der Waals surface area contributed by atoms with Crippen molar-refractivity contribution in [2.24, 2.45) is 0 Å². The second-order valence-corrected chi connectivity index (χ2v) is 6.31. The third kappa shape index (κ3) is 3.71. The van der Waals surface area contributed by atoms with Crippen LogP contribution in [0.1, 0.15) is 30.0 Å². The lowest BCUT2D eigenvalue weighted by Gasteiger charge is -2.34. The van der Waals surface area contributed by atoms with Crippen molar-refractivity contribution in [2.45, 2.75) is 31.0 Å². The van der Waals surface area contributed by atoms with Gasteiger partial charge in [-0.15, -0.1) is 0 Å². The van der Waals surface area contributed by atoms with E-state index in [4.69, 9.17) is 9.26 Å². The van der Waals surface area contributed by atoms with Crippen LogP contribution >= 0.6 is 0 Å². The first-order valence-corrected chi connectivity index (χ1v) is 8.20. The predicted molar refractivity (Wildman–Crippen MR) is 87.0 cm³/mol. The van der Waals surface area contributed by atoms with Gasteiger partial charge in [0.1, 0.15) is 6.10 Å². The van der Waals surface area contributed by atoms with Crippen molar-refractivity contribution < 1.29 is 27.5 Å². The van der Waals surface area contributed by atoms with E-state index in [1.807, 2.05) is 0 Å². The standard InChI is InChI=1S/C18H14F3N3O3/c19-18(20,21)12-2-3-14(22-9-12)11-5-13(6-11)26-17-4-1-10(8-23-17)15-7-16(25)24-27-15/h1-4,7-9,11,13H,5-6H2,(H,24,25). The highest BCUT2D eigenvalue weighted by molar-refractivity contribution is 5.57. The van der Waals surface area contributed by atoms with Crippen LogP contribution in [0.15, 0.2) is 47.2 Å². The number of rotatable bonds is 4. The number of pyridine rings is 2. The highest BCUT2D eigenvalue weighted by Crippen LogP contribution is 2.39. The minimum absolute atomic E-state index is 0.0632. The third-order valence-electron chi connectivity index (χ3n) is 4.43. The number of hydrogen-bond acceptors (Lipinski definition) is 6. The maximum atomic E-state index is 12.6. The lowest BCUT2D eigenvalue weighted by Crippen LogP contribution is -2.33. The van der Waals surface area contributed by atoms with E-state index in [1.54, 1.807) is 18.3 Å². The maximum absolute atomic E-state index is 12.6. The van der Waals surface area contributed by atoms with E-state index in [0.717, 1.165) is 12.3 Å². The topological polar surface area (TPSA) is 81.3 Å². The van der Waals surface area contributed by atoms with Gasteiger partial charge in [-0.05, 0) is 36.2 Å². The Morgan fingerprint density at radius 3 is 2.44 bits per heavy atom. The van der Waals surface area contributed by atoms with Gasteiger partial charge in [-0.25, -0.2) is 4.98 Å². The molecule has 1 saturated carbocycles. The summed E-state index contributed by atoms with van der Waals surface area (Å²) in [6, 6.07) is 7.27. The molecular weight excluding hydrogens is 363 g/mol. The van der Waals surface area contributed by atoms with Gasteiger partial charge in [0.15, 0.2) is 5.76 Å². The molecule has 0 amide bonds. The molecule has 1 aliphatic carbocycles. The molecule has 0 radical (unpaired) electrons. The third-order valence-corrected chi connectivity index (χ3v) is 4.43. The van der Waals surface area contributed by atoms with Crippen LogP contribution in [0.2, 0.25) is 0 Å². The average molecular weight is 377 g/mol. The smallest absolute Gasteiger partial charge is 0.417 e. The Bertz CT molecular complexity index is 918. The lowest BCUT2D eigenvalue weighted by atomic mass is 9.79. The molecule has 3 heterocycles. The van der Waals surface area contributed by atoms with E-state index < -0.39 is 11.7 Å². The summed E-state index contributed by atoms with van der Waals surface area (Å²) in [7, 11) is 0. The van der Waals surface area contributed by atoms with E-state index in [0.29, 0.717) is 35.7 Å². The fraction of sp³-hybridized carbons (Fsp3) is 0.278. The van der Waals surface area contributed by atoms with E-state index in [2.05, 4.69) is 15.1 Å². The van der Waals surface area contributed by atoms with Crippen molar-refractivity contribution in [1.82, 2.24) is 15.1 Å². The summed E-state index contributed by atoms with van der Waals surface area (Å²) in [4.78, 5) is 8.12.